The molecule has 1 amide bonds. The number of benzene rings is 1. The van der Waals surface area contributed by atoms with Crippen molar-refractivity contribution in [2.75, 3.05) is 25.0 Å². The number of carbonyl (C=O) groups excluding carboxylic acids is 1. The van der Waals surface area contributed by atoms with Crippen molar-refractivity contribution in [1.82, 2.24) is 14.8 Å². The minimum absolute atomic E-state index is 0.0604. The van der Waals surface area contributed by atoms with E-state index in [1.54, 1.807) is 17.9 Å². The Balaban J connectivity index is 1.51. The number of halogens is 1. The summed E-state index contributed by atoms with van der Waals surface area (Å²) < 4.78 is 0. The number of aromatic nitrogens is 1. The number of likely N-dealkylation sites (tertiary alicyclic amines) is 2. The van der Waals surface area contributed by atoms with E-state index >= 15 is 0 Å². The van der Waals surface area contributed by atoms with Crippen molar-refractivity contribution in [3.8, 4) is 0 Å². The topological polar surface area (TPSA) is 39.7 Å². The van der Waals surface area contributed by atoms with Gasteiger partial charge in [-0.1, -0.05) is 17.7 Å². The lowest BCUT2D eigenvalue weighted by molar-refractivity contribution is -0.115. The molecule has 2 aliphatic rings. The van der Waals surface area contributed by atoms with Crippen molar-refractivity contribution in [3.63, 3.8) is 0 Å². The predicted octanol–water partition coefficient (Wildman–Crippen LogP) is 4.54. The van der Waals surface area contributed by atoms with Gasteiger partial charge in [0.05, 0.1) is 11.4 Å². The molecule has 0 N–H and O–H groups in total. The molecule has 150 valence electrons. The van der Waals surface area contributed by atoms with Crippen LogP contribution >= 0.6 is 22.9 Å². The highest BCUT2D eigenvalue weighted by Gasteiger charge is 2.36. The highest BCUT2D eigenvalue weighted by atomic mass is 35.5. The number of hydrogen-bond acceptors (Lipinski definition) is 5. The van der Waals surface area contributed by atoms with Gasteiger partial charge in [-0.2, -0.15) is 0 Å². The maximum atomic E-state index is 12.3. The number of likely N-dealkylation sites (N-methyl/N-ethyl adjacent to an activating group) is 1. The van der Waals surface area contributed by atoms with E-state index in [-0.39, 0.29) is 5.91 Å². The van der Waals surface area contributed by atoms with E-state index in [1.807, 2.05) is 18.2 Å². The first-order valence-corrected chi connectivity index (χ1v) is 11.2. The lowest BCUT2D eigenvalue weighted by Gasteiger charge is -2.32. The summed E-state index contributed by atoms with van der Waals surface area (Å²) >= 11 is 7.64. The lowest BCUT2D eigenvalue weighted by Crippen LogP contribution is -2.44. The van der Waals surface area contributed by atoms with Crippen molar-refractivity contribution in [2.45, 2.75) is 51.2 Å². The zero-order valence-corrected chi connectivity index (χ0v) is 18.0. The van der Waals surface area contributed by atoms with Gasteiger partial charge in [0.25, 0.3) is 0 Å². The number of hydrogen-bond donors (Lipinski definition) is 0. The highest BCUT2D eigenvalue weighted by molar-refractivity contribution is 7.14. The molecule has 0 aliphatic carbocycles. The Morgan fingerprint density at radius 3 is 2.79 bits per heavy atom. The van der Waals surface area contributed by atoms with E-state index in [4.69, 9.17) is 16.6 Å². The van der Waals surface area contributed by atoms with Crippen LogP contribution in [0.25, 0.3) is 0 Å². The Morgan fingerprint density at radius 1 is 1.29 bits per heavy atom. The average molecular weight is 419 g/mol. The first-order chi connectivity index (χ1) is 13.5. The number of anilines is 2. The summed E-state index contributed by atoms with van der Waals surface area (Å²) in [6.07, 6.45) is 5.13. The zero-order valence-electron chi connectivity index (χ0n) is 16.5. The Labute approximate surface area is 175 Å². The van der Waals surface area contributed by atoms with Crippen molar-refractivity contribution in [3.05, 3.63) is 40.4 Å². The van der Waals surface area contributed by atoms with E-state index in [0.717, 1.165) is 24.5 Å². The first-order valence-electron chi connectivity index (χ1n) is 9.98. The SMILES string of the molecule is CC(=O)N(c1cccc(Cl)c1)c1nc(CN2CCCC2C2CCCN2C)cs1. The van der Waals surface area contributed by atoms with Crippen LogP contribution in [0, 0.1) is 0 Å². The summed E-state index contributed by atoms with van der Waals surface area (Å²) in [7, 11) is 2.25. The zero-order chi connectivity index (χ0) is 19.7. The summed E-state index contributed by atoms with van der Waals surface area (Å²) in [5.74, 6) is -0.0604. The summed E-state index contributed by atoms with van der Waals surface area (Å²) in [6.45, 7) is 4.76. The third-order valence-electron chi connectivity index (χ3n) is 5.91. The molecule has 5 nitrogen and oxygen atoms in total. The number of carbonyl (C=O) groups is 1. The van der Waals surface area contributed by atoms with Gasteiger partial charge in [-0.05, 0) is 64.0 Å². The van der Waals surface area contributed by atoms with Crippen molar-refractivity contribution in [1.29, 1.82) is 0 Å². The van der Waals surface area contributed by atoms with Crippen LogP contribution in [0.4, 0.5) is 10.8 Å². The van der Waals surface area contributed by atoms with Gasteiger partial charge in [-0.25, -0.2) is 4.98 Å². The van der Waals surface area contributed by atoms with Gasteiger partial charge >= 0.3 is 0 Å². The standard InChI is InChI=1S/C21H27ClN4OS/c1-15(27)26(18-7-3-6-16(22)12-18)21-23-17(14-28-21)13-25-11-5-9-20(25)19-8-4-10-24(19)2/h3,6-7,12,14,19-20H,4-5,8-11,13H2,1-2H3. The molecule has 1 aromatic heterocycles. The molecule has 2 unspecified atom stereocenters. The quantitative estimate of drug-likeness (QED) is 0.714. The van der Waals surface area contributed by atoms with Gasteiger partial charge in [-0.15, -0.1) is 11.3 Å². The highest BCUT2D eigenvalue weighted by Crippen LogP contribution is 2.33. The molecule has 0 radical (unpaired) electrons. The molecule has 2 aliphatic heterocycles. The molecular formula is C21H27ClN4OS. The second-order valence-corrected chi connectivity index (χ2v) is 9.10. The minimum Gasteiger partial charge on any atom is -0.302 e. The Kier molecular flexibility index (Phi) is 6.01. The molecule has 0 spiro atoms. The smallest absolute Gasteiger partial charge is 0.230 e. The predicted molar refractivity (Wildman–Crippen MR) is 115 cm³/mol. The number of thiazole rings is 1. The van der Waals surface area contributed by atoms with Crippen LogP contribution in [0.2, 0.25) is 5.02 Å². The van der Waals surface area contributed by atoms with Gasteiger partial charge in [0.15, 0.2) is 5.13 Å². The van der Waals surface area contributed by atoms with Gasteiger partial charge in [0.1, 0.15) is 0 Å². The molecule has 2 saturated heterocycles. The monoisotopic (exact) mass is 418 g/mol. The summed E-state index contributed by atoms with van der Waals surface area (Å²) in [5, 5.41) is 3.41. The molecule has 4 rings (SSSR count). The van der Waals surface area contributed by atoms with E-state index < -0.39 is 0 Å². The van der Waals surface area contributed by atoms with Gasteiger partial charge in [-0.3, -0.25) is 14.6 Å². The number of amides is 1. The number of nitrogens with zero attached hydrogens (tertiary/aromatic N) is 4. The van der Waals surface area contributed by atoms with Crippen LogP contribution in [0.1, 0.15) is 38.3 Å². The van der Waals surface area contributed by atoms with Crippen molar-refractivity contribution >= 4 is 39.7 Å². The van der Waals surface area contributed by atoms with Crippen LogP contribution in [0.3, 0.4) is 0 Å². The summed E-state index contributed by atoms with van der Waals surface area (Å²) in [6, 6.07) is 8.64. The Bertz CT molecular complexity index is 841. The second kappa shape index (κ2) is 8.49. The Morgan fingerprint density at radius 2 is 2.07 bits per heavy atom. The summed E-state index contributed by atoms with van der Waals surface area (Å²) in [5.41, 5.74) is 1.80. The van der Waals surface area contributed by atoms with E-state index in [0.29, 0.717) is 22.2 Å². The first kappa shape index (κ1) is 19.8. The van der Waals surface area contributed by atoms with Crippen molar-refractivity contribution in [2.24, 2.45) is 0 Å². The maximum Gasteiger partial charge on any atom is 0.230 e. The van der Waals surface area contributed by atoms with Gasteiger partial charge in [0, 0.05) is 36.0 Å². The molecule has 1 aromatic carbocycles. The largest absolute Gasteiger partial charge is 0.302 e. The van der Waals surface area contributed by atoms with Crippen LogP contribution < -0.4 is 4.90 Å². The fourth-order valence-electron chi connectivity index (χ4n) is 4.63. The molecule has 2 atom stereocenters. The molecule has 0 saturated carbocycles. The molecular weight excluding hydrogens is 392 g/mol. The molecule has 0 bridgehead atoms. The average Bonchev–Trinajstić information content (AvgIpc) is 3.37. The third kappa shape index (κ3) is 4.10. The van der Waals surface area contributed by atoms with Crippen LogP contribution in [0.5, 0.6) is 0 Å². The normalized spacial score (nSPS) is 23.4. The van der Waals surface area contributed by atoms with E-state index in [1.165, 1.54) is 43.6 Å². The van der Waals surface area contributed by atoms with Crippen LogP contribution in [-0.2, 0) is 11.3 Å². The number of rotatable bonds is 5. The second-order valence-electron chi connectivity index (χ2n) is 7.83. The van der Waals surface area contributed by atoms with Crippen molar-refractivity contribution < 1.29 is 4.79 Å². The third-order valence-corrected chi connectivity index (χ3v) is 7.02. The molecule has 7 heteroatoms. The van der Waals surface area contributed by atoms with Gasteiger partial charge < -0.3 is 4.90 Å². The van der Waals surface area contributed by atoms with E-state index in [9.17, 15) is 4.79 Å². The summed E-state index contributed by atoms with van der Waals surface area (Å²) in [4.78, 5) is 23.9. The molecule has 2 fully saturated rings. The molecule has 3 heterocycles. The fraction of sp³-hybridized carbons (Fsp3) is 0.524. The lowest BCUT2D eigenvalue weighted by atomic mass is 10.0. The molecule has 28 heavy (non-hydrogen) atoms. The minimum atomic E-state index is -0.0604. The van der Waals surface area contributed by atoms with Crippen LogP contribution in [0.15, 0.2) is 29.6 Å². The van der Waals surface area contributed by atoms with Gasteiger partial charge in [0.2, 0.25) is 5.91 Å². The van der Waals surface area contributed by atoms with E-state index in [2.05, 4.69) is 22.2 Å². The van der Waals surface area contributed by atoms with Crippen LogP contribution in [-0.4, -0.2) is 52.9 Å². The Hall–Kier alpha value is -1.47. The molecule has 2 aromatic rings. The maximum absolute atomic E-state index is 12.3. The fourth-order valence-corrected chi connectivity index (χ4v) is 5.69.